The molecule has 0 fully saturated rings. The van der Waals surface area contributed by atoms with Gasteiger partial charge in [-0.15, -0.1) is 0 Å². The average molecular weight is 399 g/mol. The van der Waals surface area contributed by atoms with Crippen LogP contribution in [0, 0.1) is 13.8 Å². The quantitative estimate of drug-likeness (QED) is 0.606. The van der Waals surface area contributed by atoms with Crippen LogP contribution in [0.15, 0.2) is 53.0 Å². The summed E-state index contributed by atoms with van der Waals surface area (Å²) in [6.45, 7) is 3.99. The molecule has 6 heteroatoms. The zero-order valence-corrected chi connectivity index (χ0v) is 15.9. The summed E-state index contributed by atoms with van der Waals surface area (Å²) < 4.78 is 6.32. The number of rotatable bonds is 5. The van der Waals surface area contributed by atoms with E-state index in [2.05, 4.69) is 49.5 Å². The molecular weight excluding hydrogens is 380 g/mol. The molecule has 5 nitrogen and oxygen atoms in total. The van der Waals surface area contributed by atoms with Gasteiger partial charge >= 0.3 is 0 Å². The van der Waals surface area contributed by atoms with Crippen molar-refractivity contribution in [1.29, 1.82) is 0 Å². The highest BCUT2D eigenvalue weighted by atomic mass is 79.9. The van der Waals surface area contributed by atoms with E-state index in [9.17, 15) is 0 Å². The predicted octanol–water partition coefficient (Wildman–Crippen LogP) is 5.35. The second kappa shape index (κ2) is 7.53. The topological polar surface area (TPSA) is 59.1 Å². The molecule has 0 bridgehead atoms. The van der Waals surface area contributed by atoms with E-state index in [1.54, 1.807) is 7.11 Å². The van der Waals surface area contributed by atoms with Crippen molar-refractivity contribution in [2.75, 3.05) is 17.7 Å². The van der Waals surface area contributed by atoms with Crippen LogP contribution >= 0.6 is 15.9 Å². The van der Waals surface area contributed by atoms with Crippen molar-refractivity contribution < 1.29 is 4.74 Å². The van der Waals surface area contributed by atoms with Crippen molar-refractivity contribution >= 4 is 39.1 Å². The zero-order valence-electron chi connectivity index (χ0n) is 14.3. The zero-order chi connectivity index (χ0) is 17.8. The number of aryl methyl sites for hydroxylation is 2. The fourth-order valence-electron chi connectivity index (χ4n) is 2.39. The Morgan fingerprint density at radius 1 is 0.920 bits per heavy atom. The number of aromatic nitrogens is 2. The van der Waals surface area contributed by atoms with Gasteiger partial charge in [-0.2, -0.15) is 4.98 Å². The Hall–Kier alpha value is -2.60. The van der Waals surface area contributed by atoms with Gasteiger partial charge in [-0.1, -0.05) is 22.0 Å². The van der Waals surface area contributed by atoms with Crippen molar-refractivity contribution in [3.8, 4) is 5.75 Å². The number of nitrogens with one attached hydrogen (secondary N) is 2. The third kappa shape index (κ3) is 4.48. The number of halogens is 1. The van der Waals surface area contributed by atoms with E-state index in [-0.39, 0.29) is 0 Å². The fraction of sp³-hybridized carbons (Fsp3) is 0.158. The lowest BCUT2D eigenvalue weighted by atomic mass is 10.2. The highest BCUT2D eigenvalue weighted by Gasteiger charge is 2.05. The minimum atomic E-state index is 0.532. The Labute approximate surface area is 155 Å². The van der Waals surface area contributed by atoms with Gasteiger partial charge in [-0.3, -0.25) is 0 Å². The van der Waals surface area contributed by atoms with Gasteiger partial charge in [0.1, 0.15) is 11.6 Å². The second-order valence-corrected chi connectivity index (χ2v) is 6.52. The molecule has 128 valence electrons. The maximum Gasteiger partial charge on any atom is 0.229 e. The van der Waals surface area contributed by atoms with Gasteiger partial charge in [0.15, 0.2) is 0 Å². The van der Waals surface area contributed by atoms with Gasteiger partial charge in [0.2, 0.25) is 5.95 Å². The second-order valence-electron chi connectivity index (χ2n) is 5.66. The van der Waals surface area contributed by atoms with E-state index in [0.29, 0.717) is 5.95 Å². The molecular formula is C19H19BrN4O. The molecule has 0 spiro atoms. The monoisotopic (exact) mass is 398 g/mol. The minimum absolute atomic E-state index is 0.532. The lowest BCUT2D eigenvalue weighted by molar-refractivity contribution is 0.415. The molecule has 0 saturated heterocycles. The third-order valence-electron chi connectivity index (χ3n) is 3.61. The van der Waals surface area contributed by atoms with Crippen LogP contribution < -0.4 is 15.4 Å². The standard InChI is InChI=1S/C19H19BrN4O/c1-12-9-15(7-8-17(12)20)22-18-10-13(2)21-19(24-18)23-14-5-4-6-16(11-14)25-3/h4-11H,1-3H3,(H2,21,22,23,24). The molecule has 1 aromatic heterocycles. The summed E-state index contributed by atoms with van der Waals surface area (Å²) >= 11 is 3.51. The number of hydrogen-bond donors (Lipinski definition) is 2. The molecule has 0 saturated carbocycles. The molecule has 3 rings (SSSR count). The van der Waals surface area contributed by atoms with Crippen molar-refractivity contribution in [2.45, 2.75) is 13.8 Å². The van der Waals surface area contributed by atoms with E-state index in [1.807, 2.05) is 49.4 Å². The van der Waals surface area contributed by atoms with E-state index in [0.717, 1.165) is 38.7 Å². The van der Waals surface area contributed by atoms with Crippen molar-refractivity contribution in [3.63, 3.8) is 0 Å². The Balaban J connectivity index is 1.83. The SMILES string of the molecule is COc1cccc(Nc2nc(C)cc(Nc3ccc(Br)c(C)c3)n2)c1. The van der Waals surface area contributed by atoms with E-state index in [1.165, 1.54) is 0 Å². The largest absolute Gasteiger partial charge is 0.497 e. The summed E-state index contributed by atoms with van der Waals surface area (Å²) in [5.74, 6) is 2.05. The summed E-state index contributed by atoms with van der Waals surface area (Å²) in [6, 6.07) is 15.7. The summed E-state index contributed by atoms with van der Waals surface area (Å²) in [7, 11) is 1.64. The lowest BCUT2D eigenvalue weighted by Crippen LogP contribution is -2.02. The molecule has 1 heterocycles. The maximum atomic E-state index is 5.24. The maximum absolute atomic E-state index is 5.24. The molecule has 2 aromatic carbocycles. The molecule has 0 atom stereocenters. The third-order valence-corrected chi connectivity index (χ3v) is 4.50. The van der Waals surface area contributed by atoms with E-state index >= 15 is 0 Å². The minimum Gasteiger partial charge on any atom is -0.497 e. The van der Waals surface area contributed by atoms with E-state index < -0.39 is 0 Å². The molecule has 3 aromatic rings. The van der Waals surface area contributed by atoms with Crippen LogP contribution in [0.2, 0.25) is 0 Å². The van der Waals surface area contributed by atoms with Crippen molar-refractivity contribution in [3.05, 3.63) is 64.3 Å². The molecule has 0 amide bonds. The molecule has 2 N–H and O–H groups in total. The molecule has 0 aliphatic rings. The van der Waals surface area contributed by atoms with Crippen LogP contribution in [-0.4, -0.2) is 17.1 Å². The molecule has 0 aliphatic heterocycles. The fourth-order valence-corrected chi connectivity index (χ4v) is 2.64. The number of ether oxygens (including phenoxy) is 1. The van der Waals surface area contributed by atoms with Crippen LogP contribution in [0.1, 0.15) is 11.3 Å². The summed E-state index contributed by atoms with van der Waals surface area (Å²) in [6.07, 6.45) is 0. The van der Waals surface area contributed by atoms with Gasteiger partial charge in [0.25, 0.3) is 0 Å². The Bertz CT molecular complexity index is 898. The van der Waals surface area contributed by atoms with Crippen molar-refractivity contribution in [2.24, 2.45) is 0 Å². The molecule has 25 heavy (non-hydrogen) atoms. The van der Waals surface area contributed by atoms with Gasteiger partial charge in [0.05, 0.1) is 7.11 Å². The summed E-state index contributed by atoms with van der Waals surface area (Å²) in [5, 5.41) is 6.54. The molecule has 0 radical (unpaired) electrons. The first-order valence-corrected chi connectivity index (χ1v) is 8.63. The van der Waals surface area contributed by atoms with Crippen LogP contribution in [0.25, 0.3) is 0 Å². The van der Waals surface area contributed by atoms with Gasteiger partial charge in [-0.05, 0) is 49.7 Å². The average Bonchev–Trinajstić information content (AvgIpc) is 2.58. The number of benzene rings is 2. The highest BCUT2D eigenvalue weighted by Crippen LogP contribution is 2.24. The number of nitrogens with zero attached hydrogens (tertiary/aromatic N) is 2. The van der Waals surface area contributed by atoms with Gasteiger partial charge in [0, 0.05) is 33.7 Å². The van der Waals surface area contributed by atoms with Crippen LogP contribution in [0.4, 0.5) is 23.1 Å². The Morgan fingerprint density at radius 3 is 2.48 bits per heavy atom. The van der Waals surface area contributed by atoms with Gasteiger partial charge in [-0.25, -0.2) is 4.98 Å². The predicted molar refractivity (Wildman–Crippen MR) is 105 cm³/mol. The molecule has 0 aliphatic carbocycles. The summed E-state index contributed by atoms with van der Waals surface area (Å²) in [4.78, 5) is 8.99. The Morgan fingerprint density at radius 2 is 1.72 bits per heavy atom. The van der Waals surface area contributed by atoms with E-state index in [4.69, 9.17) is 4.74 Å². The number of methoxy groups -OCH3 is 1. The molecule has 0 unspecified atom stereocenters. The van der Waals surface area contributed by atoms with Crippen molar-refractivity contribution in [1.82, 2.24) is 9.97 Å². The normalized spacial score (nSPS) is 10.4. The smallest absolute Gasteiger partial charge is 0.229 e. The van der Waals surface area contributed by atoms with Gasteiger partial charge < -0.3 is 15.4 Å². The lowest BCUT2D eigenvalue weighted by Gasteiger charge is -2.11. The van der Waals surface area contributed by atoms with Crippen LogP contribution in [-0.2, 0) is 0 Å². The van der Waals surface area contributed by atoms with Crippen LogP contribution in [0.3, 0.4) is 0 Å². The number of anilines is 4. The van der Waals surface area contributed by atoms with Crippen LogP contribution in [0.5, 0.6) is 5.75 Å². The first kappa shape index (κ1) is 17.2. The Kier molecular flexibility index (Phi) is 5.19. The highest BCUT2D eigenvalue weighted by molar-refractivity contribution is 9.10. The first-order valence-electron chi connectivity index (χ1n) is 7.83. The first-order chi connectivity index (χ1) is 12.0. The number of hydrogen-bond acceptors (Lipinski definition) is 5. The summed E-state index contributed by atoms with van der Waals surface area (Å²) in [5.41, 5.74) is 3.88.